The van der Waals surface area contributed by atoms with Crippen molar-refractivity contribution in [2.45, 2.75) is 32.8 Å². The molecule has 0 radical (unpaired) electrons. The first-order chi connectivity index (χ1) is 8.78. The summed E-state index contributed by atoms with van der Waals surface area (Å²) < 4.78 is 5.13. The first-order valence-corrected chi connectivity index (χ1v) is 6.41. The van der Waals surface area contributed by atoms with Gasteiger partial charge >= 0.3 is 5.97 Å². The maximum atomic E-state index is 11.7. The molecule has 0 saturated carbocycles. The van der Waals surface area contributed by atoms with Gasteiger partial charge in [-0.05, 0) is 45.0 Å². The van der Waals surface area contributed by atoms with Crippen LogP contribution in [0.3, 0.4) is 0 Å². The Labute approximate surface area is 118 Å². The molecular formula is C14H18ClNO3. The zero-order valence-corrected chi connectivity index (χ0v) is 12.1. The van der Waals surface area contributed by atoms with Crippen LogP contribution in [-0.4, -0.2) is 24.0 Å². The van der Waals surface area contributed by atoms with Gasteiger partial charge in [0.2, 0.25) is 0 Å². The molecule has 0 spiro atoms. The minimum Gasteiger partial charge on any atom is -0.460 e. The van der Waals surface area contributed by atoms with Crippen molar-refractivity contribution in [1.29, 1.82) is 0 Å². The van der Waals surface area contributed by atoms with Crippen LogP contribution in [0.1, 0.15) is 37.6 Å². The summed E-state index contributed by atoms with van der Waals surface area (Å²) in [5.41, 5.74) is 0.00525. The Morgan fingerprint density at radius 1 is 1.21 bits per heavy atom. The highest BCUT2D eigenvalue weighted by Crippen LogP contribution is 2.10. The van der Waals surface area contributed by atoms with E-state index in [1.54, 1.807) is 45.0 Å². The largest absolute Gasteiger partial charge is 0.460 e. The summed E-state index contributed by atoms with van der Waals surface area (Å²) in [4.78, 5) is 23.1. The summed E-state index contributed by atoms with van der Waals surface area (Å²) in [7, 11) is 0. The molecule has 0 atom stereocenters. The topological polar surface area (TPSA) is 55.4 Å². The zero-order chi connectivity index (χ0) is 14.5. The molecule has 0 heterocycles. The molecule has 1 N–H and O–H groups in total. The standard InChI is InChI=1S/C14H18ClNO3/c1-14(2,3)19-12(17)8-9-16-13(18)10-4-6-11(15)7-5-10/h4-7H,8-9H2,1-3H3,(H,16,18). The molecule has 19 heavy (non-hydrogen) atoms. The minimum absolute atomic E-state index is 0.149. The van der Waals surface area contributed by atoms with Crippen molar-refractivity contribution in [2.75, 3.05) is 6.54 Å². The average Bonchev–Trinajstić information content (AvgIpc) is 2.27. The molecule has 0 saturated heterocycles. The first-order valence-electron chi connectivity index (χ1n) is 6.03. The van der Waals surface area contributed by atoms with E-state index in [1.165, 1.54) is 0 Å². The number of benzene rings is 1. The maximum absolute atomic E-state index is 11.7. The van der Waals surface area contributed by atoms with Crippen molar-refractivity contribution < 1.29 is 14.3 Å². The Morgan fingerprint density at radius 2 is 1.79 bits per heavy atom. The van der Waals surface area contributed by atoms with Gasteiger partial charge < -0.3 is 10.1 Å². The molecule has 0 aliphatic rings. The number of esters is 1. The zero-order valence-electron chi connectivity index (χ0n) is 11.3. The third-order valence-corrected chi connectivity index (χ3v) is 2.39. The third-order valence-electron chi connectivity index (χ3n) is 2.14. The highest BCUT2D eigenvalue weighted by Gasteiger charge is 2.16. The van der Waals surface area contributed by atoms with Crippen molar-refractivity contribution in [3.63, 3.8) is 0 Å². The van der Waals surface area contributed by atoms with Crippen LogP contribution in [0.15, 0.2) is 24.3 Å². The number of halogens is 1. The number of nitrogens with one attached hydrogen (secondary N) is 1. The van der Waals surface area contributed by atoms with Gasteiger partial charge in [0, 0.05) is 17.1 Å². The van der Waals surface area contributed by atoms with Gasteiger partial charge in [0.1, 0.15) is 5.60 Å². The molecule has 0 fully saturated rings. The second-order valence-corrected chi connectivity index (χ2v) is 5.54. The fourth-order valence-corrected chi connectivity index (χ4v) is 1.50. The first kappa shape index (κ1) is 15.5. The van der Waals surface area contributed by atoms with Gasteiger partial charge in [-0.25, -0.2) is 0 Å². The van der Waals surface area contributed by atoms with E-state index in [-0.39, 0.29) is 24.8 Å². The molecule has 0 unspecified atom stereocenters. The predicted molar refractivity (Wildman–Crippen MR) is 74.2 cm³/mol. The van der Waals surface area contributed by atoms with Crippen molar-refractivity contribution >= 4 is 23.5 Å². The van der Waals surface area contributed by atoms with Crippen LogP contribution in [0.5, 0.6) is 0 Å². The Morgan fingerprint density at radius 3 is 2.32 bits per heavy atom. The lowest BCUT2D eigenvalue weighted by Gasteiger charge is -2.19. The van der Waals surface area contributed by atoms with Crippen LogP contribution in [-0.2, 0) is 9.53 Å². The lowest BCUT2D eigenvalue weighted by Crippen LogP contribution is -2.29. The fraction of sp³-hybridized carbons (Fsp3) is 0.429. The van der Waals surface area contributed by atoms with E-state index in [9.17, 15) is 9.59 Å². The van der Waals surface area contributed by atoms with Crippen LogP contribution >= 0.6 is 11.6 Å². The summed E-state index contributed by atoms with van der Waals surface area (Å²) in [5, 5.41) is 3.23. The van der Waals surface area contributed by atoms with E-state index in [0.717, 1.165) is 0 Å². The van der Waals surface area contributed by atoms with Gasteiger partial charge in [-0.15, -0.1) is 0 Å². The summed E-state index contributed by atoms with van der Waals surface area (Å²) in [6, 6.07) is 6.55. The number of hydrogen-bond acceptors (Lipinski definition) is 3. The Balaban J connectivity index is 2.35. The minimum atomic E-state index is -0.503. The molecule has 0 aliphatic heterocycles. The average molecular weight is 284 g/mol. The van der Waals surface area contributed by atoms with Crippen LogP contribution in [0.25, 0.3) is 0 Å². The normalized spacial score (nSPS) is 10.9. The second-order valence-electron chi connectivity index (χ2n) is 5.10. The lowest BCUT2D eigenvalue weighted by molar-refractivity contribution is -0.154. The Bertz CT molecular complexity index is 449. The van der Waals surface area contributed by atoms with Crippen molar-refractivity contribution in [3.8, 4) is 0 Å². The van der Waals surface area contributed by atoms with Gasteiger partial charge in [-0.1, -0.05) is 11.6 Å². The summed E-state index contributed by atoms with van der Waals surface area (Å²) >= 11 is 5.73. The monoisotopic (exact) mass is 283 g/mol. The van der Waals surface area contributed by atoms with Gasteiger partial charge in [0.05, 0.1) is 6.42 Å². The van der Waals surface area contributed by atoms with E-state index in [4.69, 9.17) is 16.3 Å². The summed E-state index contributed by atoms with van der Waals surface area (Å²) in [6.45, 7) is 5.65. The number of carbonyl (C=O) groups is 2. The van der Waals surface area contributed by atoms with Gasteiger partial charge in [0.25, 0.3) is 5.91 Å². The molecule has 5 heteroatoms. The highest BCUT2D eigenvalue weighted by molar-refractivity contribution is 6.30. The molecule has 1 amide bonds. The third kappa shape index (κ3) is 6.25. The van der Waals surface area contributed by atoms with Crippen molar-refractivity contribution in [3.05, 3.63) is 34.9 Å². The van der Waals surface area contributed by atoms with Crippen LogP contribution < -0.4 is 5.32 Å². The molecule has 1 rings (SSSR count). The predicted octanol–water partition coefficient (Wildman–Crippen LogP) is 2.80. The lowest BCUT2D eigenvalue weighted by atomic mass is 10.2. The Kier molecular flexibility index (Phi) is 5.36. The van der Waals surface area contributed by atoms with Crippen molar-refractivity contribution in [2.24, 2.45) is 0 Å². The number of rotatable bonds is 4. The number of ether oxygens (including phenoxy) is 1. The van der Waals surface area contributed by atoms with E-state index < -0.39 is 5.60 Å². The number of carbonyl (C=O) groups excluding carboxylic acids is 2. The molecule has 0 aromatic heterocycles. The van der Waals surface area contributed by atoms with Crippen molar-refractivity contribution in [1.82, 2.24) is 5.32 Å². The van der Waals surface area contributed by atoms with E-state index in [2.05, 4.69) is 5.32 Å². The van der Waals surface area contributed by atoms with Gasteiger partial charge in [-0.3, -0.25) is 9.59 Å². The fourth-order valence-electron chi connectivity index (χ4n) is 1.37. The van der Waals surface area contributed by atoms with Crippen LogP contribution in [0, 0.1) is 0 Å². The molecule has 0 bridgehead atoms. The molecular weight excluding hydrogens is 266 g/mol. The van der Waals surface area contributed by atoms with E-state index in [0.29, 0.717) is 10.6 Å². The van der Waals surface area contributed by atoms with Gasteiger partial charge in [0.15, 0.2) is 0 Å². The van der Waals surface area contributed by atoms with E-state index in [1.807, 2.05) is 0 Å². The van der Waals surface area contributed by atoms with Gasteiger partial charge in [-0.2, -0.15) is 0 Å². The van der Waals surface area contributed by atoms with Crippen LogP contribution in [0.2, 0.25) is 5.02 Å². The highest BCUT2D eigenvalue weighted by atomic mass is 35.5. The second kappa shape index (κ2) is 6.57. The maximum Gasteiger partial charge on any atom is 0.308 e. The van der Waals surface area contributed by atoms with Crippen LogP contribution in [0.4, 0.5) is 0 Å². The smallest absolute Gasteiger partial charge is 0.308 e. The molecule has 1 aromatic rings. The van der Waals surface area contributed by atoms with E-state index >= 15 is 0 Å². The SMILES string of the molecule is CC(C)(C)OC(=O)CCNC(=O)c1ccc(Cl)cc1. The number of amides is 1. The molecule has 1 aromatic carbocycles. The summed E-state index contributed by atoms with van der Waals surface area (Å²) in [5.74, 6) is -0.566. The Hall–Kier alpha value is -1.55. The summed E-state index contributed by atoms with van der Waals surface area (Å²) in [6.07, 6.45) is 0.149. The molecule has 0 aliphatic carbocycles. The molecule has 4 nitrogen and oxygen atoms in total. The number of hydrogen-bond donors (Lipinski definition) is 1. The molecule has 104 valence electrons. The quantitative estimate of drug-likeness (QED) is 0.865.